The first-order valence-corrected chi connectivity index (χ1v) is 7.08. The number of amides is 1. The fourth-order valence-corrected chi connectivity index (χ4v) is 2.38. The van der Waals surface area contributed by atoms with Gasteiger partial charge in [-0.25, -0.2) is 0 Å². The summed E-state index contributed by atoms with van der Waals surface area (Å²) in [4.78, 5) is 14.7. The lowest BCUT2D eigenvalue weighted by molar-refractivity contribution is -0.127. The zero-order valence-corrected chi connectivity index (χ0v) is 12.9. The van der Waals surface area contributed by atoms with Crippen LogP contribution in [0.15, 0.2) is 0 Å². The molecule has 19 heavy (non-hydrogen) atoms. The average molecular weight is 287 g/mol. The third-order valence-electron chi connectivity index (χ3n) is 3.47. The van der Waals surface area contributed by atoms with Crippen molar-refractivity contribution >= 4 is 23.1 Å². The van der Waals surface area contributed by atoms with Gasteiger partial charge in [-0.05, 0) is 26.7 Å². The van der Waals surface area contributed by atoms with Gasteiger partial charge < -0.3 is 15.8 Å². The van der Waals surface area contributed by atoms with Crippen molar-refractivity contribution in [2.45, 2.75) is 44.8 Å². The highest BCUT2D eigenvalue weighted by molar-refractivity contribution is 7.80. The van der Waals surface area contributed by atoms with Gasteiger partial charge in [0.05, 0.1) is 17.0 Å². The minimum atomic E-state index is -0.406. The van der Waals surface area contributed by atoms with Crippen LogP contribution in [0.1, 0.15) is 33.1 Å². The van der Waals surface area contributed by atoms with Crippen molar-refractivity contribution in [1.82, 2.24) is 10.2 Å². The molecule has 0 unspecified atom stereocenters. The summed E-state index contributed by atoms with van der Waals surface area (Å²) in [6, 6.07) is 0.253. The molecule has 1 rings (SSSR count). The van der Waals surface area contributed by atoms with Crippen LogP contribution in [0, 0.1) is 0 Å². The van der Waals surface area contributed by atoms with Crippen molar-refractivity contribution in [2.24, 2.45) is 5.73 Å². The standard InChI is InChI=1S/C13H25N3O2S/c1-13(2,18-3)8-12(17)15-10-4-6-16(7-5-10)9-11(14)19/h10H,4-9H2,1-3H3,(H2,14,19)(H,15,17). The van der Waals surface area contributed by atoms with Crippen LogP contribution >= 0.6 is 12.2 Å². The van der Waals surface area contributed by atoms with E-state index in [-0.39, 0.29) is 11.9 Å². The first kappa shape index (κ1) is 16.3. The zero-order chi connectivity index (χ0) is 14.5. The molecule has 1 fully saturated rings. The number of carbonyl (C=O) groups excluding carboxylic acids is 1. The Morgan fingerprint density at radius 1 is 1.47 bits per heavy atom. The van der Waals surface area contributed by atoms with Crippen LogP contribution in [-0.2, 0) is 9.53 Å². The second kappa shape index (κ2) is 7.17. The number of nitrogens with zero attached hydrogens (tertiary/aromatic N) is 1. The SMILES string of the molecule is COC(C)(C)CC(=O)NC1CCN(CC(N)=S)CC1. The van der Waals surface area contributed by atoms with Crippen molar-refractivity contribution in [1.29, 1.82) is 0 Å². The second-order valence-electron chi connectivity index (χ2n) is 5.72. The van der Waals surface area contributed by atoms with Crippen LogP contribution < -0.4 is 11.1 Å². The van der Waals surface area contributed by atoms with Gasteiger partial charge in [0.1, 0.15) is 0 Å². The van der Waals surface area contributed by atoms with Crippen molar-refractivity contribution in [3.8, 4) is 0 Å². The van der Waals surface area contributed by atoms with Crippen LogP contribution in [-0.4, -0.2) is 54.2 Å². The number of hydrogen-bond acceptors (Lipinski definition) is 4. The number of methoxy groups -OCH3 is 1. The van der Waals surface area contributed by atoms with E-state index in [0.717, 1.165) is 25.9 Å². The van der Waals surface area contributed by atoms with Crippen molar-refractivity contribution in [2.75, 3.05) is 26.7 Å². The third-order valence-corrected chi connectivity index (χ3v) is 3.60. The molecule has 6 heteroatoms. The van der Waals surface area contributed by atoms with E-state index in [2.05, 4.69) is 10.2 Å². The topological polar surface area (TPSA) is 67.6 Å². The minimum absolute atomic E-state index is 0.0552. The van der Waals surface area contributed by atoms with Crippen molar-refractivity contribution in [3.63, 3.8) is 0 Å². The van der Waals surface area contributed by atoms with Gasteiger partial charge in [0.2, 0.25) is 5.91 Å². The van der Waals surface area contributed by atoms with E-state index in [1.165, 1.54) is 0 Å². The Bertz CT molecular complexity index is 326. The maximum atomic E-state index is 11.9. The summed E-state index contributed by atoms with van der Waals surface area (Å²) in [5, 5.41) is 3.07. The van der Waals surface area contributed by atoms with E-state index < -0.39 is 5.60 Å². The number of nitrogens with one attached hydrogen (secondary N) is 1. The van der Waals surface area contributed by atoms with Gasteiger partial charge in [-0.2, -0.15) is 0 Å². The Hall–Kier alpha value is -0.720. The summed E-state index contributed by atoms with van der Waals surface area (Å²) in [5.74, 6) is 0.0552. The molecule has 3 N–H and O–H groups in total. The maximum Gasteiger partial charge on any atom is 0.223 e. The molecule has 0 aromatic heterocycles. The van der Waals surface area contributed by atoms with Crippen LogP contribution in [0.4, 0.5) is 0 Å². The predicted octanol–water partition coefficient (Wildman–Crippen LogP) is 0.668. The average Bonchev–Trinajstić information content (AvgIpc) is 2.30. The maximum absolute atomic E-state index is 11.9. The van der Waals surface area contributed by atoms with Gasteiger partial charge in [-0.1, -0.05) is 12.2 Å². The Morgan fingerprint density at radius 3 is 2.53 bits per heavy atom. The molecule has 0 aromatic rings. The molecule has 0 saturated carbocycles. The fraction of sp³-hybridized carbons (Fsp3) is 0.846. The highest BCUT2D eigenvalue weighted by Crippen LogP contribution is 2.14. The summed E-state index contributed by atoms with van der Waals surface area (Å²) < 4.78 is 5.26. The smallest absolute Gasteiger partial charge is 0.223 e. The summed E-state index contributed by atoms with van der Waals surface area (Å²) in [6.07, 6.45) is 2.28. The minimum Gasteiger partial charge on any atom is -0.392 e. The number of ether oxygens (including phenoxy) is 1. The molecule has 1 aliphatic heterocycles. The van der Waals surface area contributed by atoms with Gasteiger partial charge in [-0.3, -0.25) is 9.69 Å². The summed E-state index contributed by atoms with van der Waals surface area (Å²) in [5.41, 5.74) is 5.12. The molecule has 0 aliphatic carbocycles. The molecule has 0 aromatic carbocycles. The Labute approximate surface area is 120 Å². The highest BCUT2D eigenvalue weighted by atomic mass is 32.1. The first-order chi connectivity index (χ1) is 8.82. The molecule has 5 nitrogen and oxygen atoms in total. The van der Waals surface area contributed by atoms with Crippen molar-refractivity contribution in [3.05, 3.63) is 0 Å². The number of hydrogen-bond donors (Lipinski definition) is 2. The van der Waals surface area contributed by atoms with Gasteiger partial charge in [0.25, 0.3) is 0 Å². The van der Waals surface area contributed by atoms with Gasteiger partial charge in [-0.15, -0.1) is 0 Å². The van der Waals surface area contributed by atoms with Crippen LogP contribution in [0.2, 0.25) is 0 Å². The number of likely N-dealkylation sites (tertiary alicyclic amines) is 1. The van der Waals surface area contributed by atoms with Gasteiger partial charge in [0, 0.05) is 32.8 Å². The Morgan fingerprint density at radius 2 is 2.05 bits per heavy atom. The summed E-state index contributed by atoms with van der Waals surface area (Å²) in [7, 11) is 1.63. The lowest BCUT2D eigenvalue weighted by Gasteiger charge is -2.32. The predicted molar refractivity (Wildman–Crippen MR) is 80.1 cm³/mol. The largest absolute Gasteiger partial charge is 0.392 e. The third kappa shape index (κ3) is 6.31. The number of nitrogens with two attached hydrogens (primary N) is 1. The van der Waals surface area contributed by atoms with E-state index in [4.69, 9.17) is 22.7 Å². The summed E-state index contributed by atoms with van der Waals surface area (Å²) in [6.45, 7) is 6.35. The quantitative estimate of drug-likeness (QED) is 0.703. The molecule has 1 saturated heterocycles. The molecule has 1 heterocycles. The molecular formula is C13H25N3O2S. The van der Waals surface area contributed by atoms with E-state index >= 15 is 0 Å². The molecule has 1 aliphatic rings. The van der Waals surface area contributed by atoms with Crippen LogP contribution in [0.5, 0.6) is 0 Å². The van der Waals surface area contributed by atoms with Gasteiger partial charge >= 0.3 is 0 Å². The zero-order valence-electron chi connectivity index (χ0n) is 12.1. The highest BCUT2D eigenvalue weighted by Gasteiger charge is 2.25. The molecule has 0 spiro atoms. The Balaban J connectivity index is 2.29. The van der Waals surface area contributed by atoms with E-state index in [1.807, 2.05) is 13.8 Å². The first-order valence-electron chi connectivity index (χ1n) is 6.67. The van der Waals surface area contributed by atoms with E-state index in [1.54, 1.807) is 7.11 Å². The Kier molecular flexibility index (Phi) is 6.16. The molecule has 0 atom stereocenters. The van der Waals surface area contributed by atoms with Crippen LogP contribution in [0.3, 0.4) is 0 Å². The van der Waals surface area contributed by atoms with Crippen molar-refractivity contribution < 1.29 is 9.53 Å². The summed E-state index contributed by atoms with van der Waals surface area (Å²) >= 11 is 4.90. The number of thiocarbonyl (C=S) groups is 1. The molecule has 110 valence electrons. The normalized spacial score (nSPS) is 18.3. The number of rotatable bonds is 6. The molecule has 0 radical (unpaired) electrons. The molecule has 1 amide bonds. The van der Waals surface area contributed by atoms with E-state index in [0.29, 0.717) is 18.0 Å². The fourth-order valence-electron chi connectivity index (χ4n) is 2.19. The second-order valence-corrected chi connectivity index (χ2v) is 6.25. The monoisotopic (exact) mass is 287 g/mol. The van der Waals surface area contributed by atoms with E-state index in [9.17, 15) is 4.79 Å². The lowest BCUT2D eigenvalue weighted by Crippen LogP contribution is -2.47. The number of piperidine rings is 1. The number of carbonyl (C=O) groups is 1. The van der Waals surface area contributed by atoms with Crippen LogP contribution in [0.25, 0.3) is 0 Å². The molecule has 0 bridgehead atoms. The van der Waals surface area contributed by atoms with Gasteiger partial charge in [0.15, 0.2) is 0 Å². The lowest BCUT2D eigenvalue weighted by atomic mass is 10.0. The molecular weight excluding hydrogens is 262 g/mol.